The summed E-state index contributed by atoms with van der Waals surface area (Å²) < 4.78 is 0. The second-order valence-electron chi connectivity index (χ2n) is 6.67. The molecule has 1 N–H and O–H groups in total. The van der Waals surface area contributed by atoms with Gasteiger partial charge in [0.1, 0.15) is 0 Å². The average molecular weight is 351 g/mol. The van der Waals surface area contributed by atoms with Gasteiger partial charge in [-0.3, -0.25) is 4.90 Å². The average Bonchev–Trinajstić information content (AvgIpc) is 2.92. The van der Waals surface area contributed by atoms with E-state index in [-0.39, 0.29) is 6.04 Å². The molecule has 25 heavy (non-hydrogen) atoms. The third-order valence-electron chi connectivity index (χ3n) is 5.02. The Balaban J connectivity index is 1.87. The molecule has 0 spiro atoms. The lowest BCUT2D eigenvalue weighted by atomic mass is 9.92. The quantitative estimate of drug-likeness (QED) is 0.724. The molecule has 1 unspecified atom stereocenters. The Morgan fingerprint density at radius 1 is 0.880 bits per heavy atom. The van der Waals surface area contributed by atoms with Crippen LogP contribution in [0, 0.1) is 0 Å². The molecule has 128 valence electrons. The van der Waals surface area contributed by atoms with Crippen LogP contribution in [0.4, 0.5) is 0 Å². The first kappa shape index (κ1) is 16.6. The zero-order valence-electron chi connectivity index (χ0n) is 14.3. The van der Waals surface area contributed by atoms with Crippen molar-refractivity contribution in [3.05, 3.63) is 82.9 Å². The molecular weight excluding hydrogens is 328 g/mol. The van der Waals surface area contributed by atoms with Crippen molar-refractivity contribution in [2.45, 2.75) is 12.5 Å². The third-order valence-corrected chi connectivity index (χ3v) is 5.26. The van der Waals surface area contributed by atoms with Crippen LogP contribution in [0.3, 0.4) is 0 Å². The van der Waals surface area contributed by atoms with Crippen molar-refractivity contribution in [1.29, 1.82) is 0 Å². The Morgan fingerprint density at radius 2 is 1.72 bits per heavy atom. The molecule has 1 saturated heterocycles. The molecule has 3 aromatic carbocycles. The molecule has 1 fully saturated rings. The zero-order valence-corrected chi connectivity index (χ0v) is 15.0. The minimum Gasteiger partial charge on any atom is -0.315 e. The first-order valence-electron chi connectivity index (χ1n) is 9.01. The van der Waals surface area contributed by atoms with Crippen molar-refractivity contribution in [3.63, 3.8) is 0 Å². The Bertz CT molecular complexity index is 848. The lowest BCUT2D eigenvalue weighted by Crippen LogP contribution is -2.33. The Kier molecular flexibility index (Phi) is 5.02. The van der Waals surface area contributed by atoms with Crippen LogP contribution < -0.4 is 5.32 Å². The van der Waals surface area contributed by atoms with E-state index in [2.05, 4.69) is 70.9 Å². The summed E-state index contributed by atoms with van der Waals surface area (Å²) in [4.78, 5) is 2.59. The summed E-state index contributed by atoms with van der Waals surface area (Å²) in [5.41, 5.74) is 2.63. The molecule has 0 saturated carbocycles. The second kappa shape index (κ2) is 7.57. The van der Waals surface area contributed by atoms with Crippen molar-refractivity contribution in [3.8, 4) is 0 Å². The number of benzene rings is 3. The number of nitrogens with zero attached hydrogens (tertiary/aromatic N) is 1. The van der Waals surface area contributed by atoms with Crippen molar-refractivity contribution in [2.75, 3.05) is 26.2 Å². The molecule has 3 heteroatoms. The number of hydrogen-bond acceptors (Lipinski definition) is 2. The molecule has 0 radical (unpaired) electrons. The van der Waals surface area contributed by atoms with E-state index in [1.807, 2.05) is 6.07 Å². The van der Waals surface area contributed by atoms with Crippen molar-refractivity contribution in [1.82, 2.24) is 10.2 Å². The highest BCUT2D eigenvalue weighted by Crippen LogP contribution is 2.34. The van der Waals surface area contributed by atoms with Crippen molar-refractivity contribution >= 4 is 22.4 Å². The largest absolute Gasteiger partial charge is 0.315 e. The van der Waals surface area contributed by atoms with Crippen LogP contribution >= 0.6 is 11.6 Å². The van der Waals surface area contributed by atoms with E-state index in [4.69, 9.17) is 11.6 Å². The molecular formula is C22H23ClN2. The smallest absolute Gasteiger partial charge is 0.0608 e. The normalized spacial score (nSPS) is 17.3. The summed E-state index contributed by atoms with van der Waals surface area (Å²) in [6, 6.07) is 23.9. The van der Waals surface area contributed by atoms with Gasteiger partial charge in [0, 0.05) is 24.7 Å². The van der Waals surface area contributed by atoms with E-state index in [1.54, 1.807) is 0 Å². The zero-order chi connectivity index (χ0) is 17.1. The number of nitrogens with one attached hydrogen (secondary N) is 1. The Hall–Kier alpha value is -1.87. The fraction of sp³-hybridized carbons (Fsp3) is 0.273. The van der Waals surface area contributed by atoms with E-state index in [0.29, 0.717) is 0 Å². The molecule has 0 bridgehead atoms. The van der Waals surface area contributed by atoms with Gasteiger partial charge in [0.2, 0.25) is 0 Å². The van der Waals surface area contributed by atoms with E-state index in [9.17, 15) is 0 Å². The topological polar surface area (TPSA) is 15.3 Å². The van der Waals surface area contributed by atoms with Gasteiger partial charge in [-0.05, 0) is 47.0 Å². The third kappa shape index (κ3) is 3.57. The van der Waals surface area contributed by atoms with Gasteiger partial charge in [0.15, 0.2) is 0 Å². The van der Waals surface area contributed by atoms with E-state index < -0.39 is 0 Å². The number of halogens is 1. The molecule has 0 aromatic heterocycles. The molecule has 1 atom stereocenters. The van der Waals surface area contributed by atoms with E-state index in [0.717, 1.165) is 31.2 Å². The summed E-state index contributed by atoms with van der Waals surface area (Å²) in [5.74, 6) is 0. The van der Waals surface area contributed by atoms with Crippen LogP contribution in [-0.2, 0) is 0 Å². The fourth-order valence-electron chi connectivity index (χ4n) is 3.88. The fourth-order valence-corrected chi connectivity index (χ4v) is 4.08. The van der Waals surface area contributed by atoms with Gasteiger partial charge >= 0.3 is 0 Å². The molecule has 0 aliphatic carbocycles. The Morgan fingerprint density at radius 3 is 2.64 bits per heavy atom. The molecule has 1 aliphatic heterocycles. The van der Waals surface area contributed by atoms with Gasteiger partial charge in [0.05, 0.1) is 6.04 Å². The minimum atomic E-state index is 0.227. The van der Waals surface area contributed by atoms with Gasteiger partial charge in [0.25, 0.3) is 0 Å². The maximum absolute atomic E-state index is 6.33. The summed E-state index contributed by atoms with van der Waals surface area (Å²) in [7, 11) is 0. The van der Waals surface area contributed by atoms with Crippen LogP contribution in [0.1, 0.15) is 23.6 Å². The summed E-state index contributed by atoms with van der Waals surface area (Å²) in [6.07, 6.45) is 1.17. The summed E-state index contributed by atoms with van der Waals surface area (Å²) in [6.45, 7) is 4.25. The van der Waals surface area contributed by atoms with Crippen LogP contribution in [0.25, 0.3) is 10.8 Å². The number of fused-ring (bicyclic) bond motifs is 1. The van der Waals surface area contributed by atoms with Crippen molar-refractivity contribution < 1.29 is 0 Å². The maximum atomic E-state index is 6.33. The van der Waals surface area contributed by atoms with Crippen LogP contribution in [-0.4, -0.2) is 31.1 Å². The van der Waals surface area contributed by atoms with E-state index >= 15 is 0 Å². The van der Waals surface area contributed by atoms with Crippen LogP contribution in [0.2, 0.25) is 5.02 Å². The molecule has 1 aliphatic rings. The molecule has 2 nitrogen and oxygen atoms in total. The summed E-state index contributed by atoms with van der Waals surface area (Å²) >= 11 is 6.33. The molecule has 1 heterocycles. The number of rotatable bonds is 3. The molecule has 3 aromatic rings. The lowest BCUT2D eigenvalue weighted by Gasteiger charge is -2.32. The van der Waals surface area contributed by atoms with Crippen molar-refractivity contribution in [2.24, 2.45) is 0 Å². The first-order chi connectivity index (χ1) is 12.3. The van der Waals surface area contributed by atoms with Gasteiger partial charge in [-0.15, -0.1) is 0 Å². The molecule has 4 rings (SSSR count). The predicted molar refractivity (Wildman–Crippen MR) is 106 cm³/mol. The first-order valence-corrected chi connectivity index (χ1v) is 9.38. The van der Waals surface area contributed by atoms with Gasteiger partial charge in [-0.1, -0.05) is 66.2 Å². The monoisotopic (exact) mass is 350 g/mol. The predicted octanol–water partition coefficient (Wildman–Crippen LogP) is 4.88. The van der Waals surface area contributed by atoms with Gasteiger partial charge < -0.3 is 5.32 Å². The minimum absolute atomic E-state index is 0.227. The maximum Gasteiger partial charge on any atom is 0.0608 e. The number of hydrogen-bond donors (Lipinski definition) is 1. The lowest BCUT2D eigenvalue weighted by molar-refractivity contribution is 0.242. The highest BCUT2D eigenvalue weighted by atomic mass is 35.5. The van der Waals surface area contributed by atoms with Gasteiger partial charge in [-0.2, -0.15) is 0 Å². The van der Waals surface area contributed by atoms with Crippen LogP contribution in [0.15, 0.2) is 66.7 Å². The summed E-state index contributed by atoms with van der Waals surface area (Å²) in [5, 5.41) is 6.94. The highest BCUT2D eigenvalue weighted by Gasteiger charge is 2.24. The molecule has 0 amide bonds. The second-order valence-corrected chi connectivity index (χ2v) is 7.10. The SMILES string of the molecule is Clc1cccc(C(c2cccc3ccccc23)N2CCCNCC2)c1. The van der Waals surface area contributed by atoms with E-state index in [1.165, 1.54) is 28.3 Å². The van der Waals surface area contributed by atoms with Crippen LogP contribution in [0.5, 0.6) is 0 Å². The highest BCUT2D eigenvalue weighted by molar-refractivity contribution is 6.30. The van der Waals surface area contributed by atoms with Gasteiger partial charge in [-0.25, -0.2) is 0 Å². The Labute approximate surface area is 154 Å². The standard InChI is InChI=1S/C22H23ClN2/c23-19-9-3-8-18(16-19)22(25-14-5-12-24-13-15-25)21-11-4-7-17-6-1-2-10-20(17)21/h1-4,6-11,16,22,24H,5,12-15H2.